The van der Waals surface area contributed by atoms with E-state index in [0.29, 0.717) is 0 Å². The van der Waals surface area contributed by atoms with E-state index in [-0.39, 0.29) is 11.9 Å². The summed E-state index contributed by atoms with van der Waals surface area (Å²) in [5, 5.41) is 3.24. The summed E-state index contributed by atoms with van der Waals surface area (Å²) in [6, 6.07) is -0.0170. The zero-order valence-corrected chi connectivity index (χ0v) is 8.36. The van der Waals surface area contributed by atoms with Crippen LogP contribution in [0.5, 0.6) is 0 Å². The number of carbonyl (C=O) groups is 1. The van der Waals surface area contributed by atoms with Crippen molar-refractivity contribution in [3.63, 3.8) is 0 Å². The topological polar surface area (TPSA) is 46.9 Å². The second kappa shape index (κ2) is 3.92. The van der Waals surface area contributed by atoms with Gasteiger partial charge in [-0.05, 0) is 26.3 Å². The number of nitrogens with one attached hydrogen (secondary N) is 1. The fourth-order valence-electron chi connectivity index (χ4n) is 1.84. The zero-order chi connectivity index (χ0) is 9.97. The molecule has 0 spiro atoms. The fourth-order valence-corrected chi connectivity index (χ4v) is 1.84. The molecule has 1 N–H and O–H groups in total. The van der Waals surface area contributed by atoms with Gasteiger partial charge in [0.25, 0.3) is 0 Å². The summed E-state index contributed by atoms with van der Waals surface area (Å²) in [5.74, 6) is 0.891. The van der Waals surface area contributed by atoms with Crippen LogP contribution in [0.15, 0.2) is 12.4 Å². The number of hydrogen-bond acceptors (Lipinski definition) is 3. The first-order valence-electron chi connectivity index (χ1n) is 5.06. The number of aryl methyl sites for hydroxylation is 1. The van der Waals surface area contributed by atoms with Gasteiger partial charge in [-0.25, -0.2) is 4.98 Å². The molecule has 1 aliphatic rings. The van der Waals surface area contributed by atoms with Crippen molar-refractivity contribution in [1.82, 2.24) is 14.9 Å². The average Bonchev–Trinajstić information content (AvgIpc) is 2.65. The Morgan fingerprint density at radius 3 is 3.07 bits per heavy atom. The van der Waals surface area contributed by atoms with E-state index in [1.165, 1.54) is 6.42 Å². The van der Waals surface area contributed by atoms with Gasteiger partial charge in [0.05, 0.1) is 6.04 Å². The van der Waals surface area contributed by atoms with Crippen LogP contribution in [0.3, 0.4) is 0 Å². The molecule has 0 radical (unpaired) electrons. The van der Waals surface area contributed by atoms with Crippen LogP contribution in [0.25, 0.3) is 0 Å². The van der Waals surface area contributed by atoms with Crippen LogP contribution in [0.2, 0.25) is 0 Å². The number of aromatic nitrogens is 2. The van der Waals surface area contributed by atoms with Crippen molar-refractivity contribution >= 4 is 5.91 Å². The SMILES string of the molecule is Cc1nccn1C(=O)C1CCCCN1. The van der Waals surface area contributed by atoms with Gasteiger partial charge in [0, 0.05) is 12.4 Å². The first-order chi connectivity index (χ1) is 6.79. The minimum Gasteiger partial charge on any atom is -0.306 e. The maximum Gasteiger partial charge on any atom is 0.249 e. The molecule has 1 atom stereocenters. The molecule has 0 aliphatic carbocycles. The van der Waals surface area contributed by atoms with Gasteiger partial charge in [0.2, 0.25) is 5.91 Å². The number of piperidine rings is 1. The first kappa shape index (κ1) is 9.40. The first-order valence-corrected chi connectivity index (χ1v) is 5.06. The van der Waals surface area contributed by atoms with E-state index in [1.807, 2.05) is 6.92 Å². The van der Waals surface area contributed by atoms with E-state index in [9.17, 15) is 4.79 Å². The van der Waals surface area contributed by atoms with Gasteiger partial charge in [-0.3, -0.25) is 9.36 Å². The maximum absolute atomic E-state index is 11.9. The summed E-state index contributed by atoms with van der Waals surface area (Å²) in [4.78, 5) is 16.0. The molecule has 1 aromatic heterocycles. The molecule has 4 heteroatoms. The molecular weight excluding hydrogens is 178 g/mol. The van der Waals surface area contributed by atoms with Crippen molar-refractivity contribution in [3.05, 3.63) is 18.2 Å². The standard InChI is InChI=1S/C10H15N3O/c1-8-11-6-7-13(8)10(14)9-4-2-3-5-12-9/h6-7,9,12H,2-5H2,1H3. The lowest BCUT2D eigenvalue weighted by Crippen LogP contribution is -2.43. The predicted molar refractivity (Wildman–Crippen MR) is 53.2 cm³/mol. The highest BCUT2D eigenvalue weighted by atomic mass is 16.2. The van der Waals surface area contributed by atoms with Crippen molar-refractivity contribution in [2.45, 2.75) is 32.2 Å². The number of imidazole rings is 1. The van der Waals surface area contributed by atoms with E-state index < -0.39 is 0 Å². The Morgan fingerprint density at radius 1 is 1.64 bits per heavy atom. The molecule has 1 aromatic rings. The van der Waals surface area contributed by atoms with Crippen LogP contribution >= 0.6 is 0 Å². The number of hydrogen-bond donors (Lipinski definition) is 1. The van der Waals surface area contributed by atoms with Crippen LogP contribution < -0.4 is 5.32 Å². The fraction of sp³-hybridized carbons (Fsp3) is 0.600. The monoisotopic (exact) mass is 193 g/mol. The Morgan fingerprint density at radius 2 is 2.50 bits per heavy atom. The molecule has 1 fully saturated rings. The van der Waals surface area contributed by atoms with Crippen LogP contribution in [0.1, 0.15) is 29.9 Å². The van der Waals surface area contributed by atoms with Crippen LogP contribution in [0.4, 0.5) is 0 Å². The van der Waals surface area contributed by atoms with E-state index >= 15 is 0 Å². The van der Waals surface area contributed by atoms with Gasteiger partial charge in [-0.15, -0.1) is 0 Å². The summed E-state index contributed by atoms with van der Waals surface area (Å²) < 4.78 is 1.63. The molecule has 2 heterocycles. The van der Waals surface area contributed by atoms with Gasteiger partial charge in [-0.2, -0.15) is 0 Å². The molecule has 76 valence electrons. The minimum absolute atomic E-state index is 0.0170. The highest BCUT2D eigenvalue weighted by Crippen LogP contribution is 2.10. The van der Waals surface area contributed by atoms with Crippen LogP contribution in [0, 0.1) is 6.92 Å². The number of rotatable bonds is 1. The van der Waals surface area contributed by atoms with Crippen molar-refractivity contribution in [3.8, 4) is 0 Å². The average molecular weight is 193 g/mol. The molecule has 0 bridgehead atoms. The minimum atomic E-state index is -0.0170. The molecule has 1 saturated heterocycles. The van der Waals surface area contributed by atoms with Crippen molar-refractivity contribution in [2.75, 3.05) is 6.54 Å². The Kier molecular flexibility index (Phi) is 2.63. The summed E-state index contributed by atoms with van der Waals surface area (Å²) in [6.07, 6.45) is 6.64. The number of carbonyl (C=O) groups excluding carboxylic acids is 1. The third-order valence-electron chi connectivity index (χ3n) is 2.67. The smallest absolute Gasteiger partial charge is 0.249 e. The number of nitrogens with zero attached hydrogens (tertiary/aromatic N) is 2. The molecule has 1 unspecified atom stereocenters. The van der Waals surface area contributed by atoms with Crippen molar-refractivity contribution in [1.29, 1.82) is 0 Å². The van der Waals surface area contributed by atoms with E-state index in [0.717, 1.165) is 25.2 Å². The molecular formula is C10H15N3O. The summed E-state index contributed by atoms with van der Waals surface area (Å²) in [6.45, 7) is 2.80. The highest BCUT2D eigenvalue weighted by molar-refractivity contribution is 5.84. The molecule has 0 aromatic carbocycles. The zero-order valence-electron chi connectivity index (χ0n) is 8.36. The van der Waals surface area contributed by atoms with Gasteiger partial charge in [0.15, 0.2) is 0 Å². The lowest BCUT2D eigenvalue weighted by molar-refractivity contribution is 0.0840. The largest absolute Gasteiger partial charge is 0.306 e. The quantitative estimate of drug-likeness (QED) is 0.723. The van der Waals surface area contributed by atoms with Crippen molar-refractivity contribution in [2.24, 2.45) is 0 Å². The molecule has 14 heavy (non-hydrogen) atoms. The Hall–Kier alpha value is -1.16. The van der Waals surface area contributed by atoms with Gasteiger partial charge in [-0.1, -0.05) is 6.42 Å². The van der Waals surface area contributed by atoms with E-state index in [4.69, 9.17) is 0 Å². The normalized spacial score (nSPS) is 22.2. The third kappa shape index (κ3) is 1.70. The lowest BCUT2D eigenvalue weighted by Gasteiger charge is -2.22. The summed E-state index contributed by atoms with van der Waals surface area (Å²) >= 11 is 0. The molecule has 4 nitrogen and oxygen atoms in total. The van der Waals surface area contributed by atoms with Crippen molar-refractivity contribution < 1.29 is 4.79 Å². The Labute approximate surface area is 83.3 Å². The molecule has 0 saturated carbocycles. The maximum atomic E-state index is 11.9. The van der Waals surface area contributed by atoms with Gasteiger partial charge < -0.3 is 5.32 Å². The summed E-state index contributed by atoms with van der Waals surface area (Å²) in [7, 11) is 0. The molecule has 1 aliphatic heterocycles. The molecule has 2 rings (SSSR count). The van der Waals surface area contributed by atoms with E-state index in [2.05, 4.69) is 10.3 Å². The van der Waals surface area contributed by atoms with Gasteiger partial charge in [0.1, 0.15) is 5.82 Å². The van der Waals surface area contributed by atoms with Gasteiger partial charge >= 0.3 is 0 Å². The second-order valence-corrected chi connectivity index (χ2v) is 3.69. The summed E-state index contributed by atoms with van der Waals surface area (Å²) in [5.41, 5.74) is 0. The van der Waals surface area contributed by atoms with Crippen LogP contribution in [-0.2, 0) is 0 Å². The third-order valence-corrected chi connectivity index (χ3v) is 2.67. The predicted octanol–water partition coefficient (Wildman–Crippen LogP) is 0.974. The van der Waals surface area contributed by atoms with E-state index in [1.54, 1.807) is 17.0 Å². The molecule has 0 amide bonds. The van der Waals surface area contributed by atoms with Crippen LogP contribution in [-0.4, -0.2) is 28.0 Å². The lowest BCUT2D eigenvalue weighted by atomic mass is 10.0. The Bertz CT molecular complexity index is 326. The second-order valence-electron chi connectivity index (χ2n) is 3.69. The Balaban J connectivity index is 2.11. The highest BCUT2D eigenvalue weighted by Gasteiger charge is 2.22.